The number of benzene rings is 2. The number of ether oxygens (including phenoxy) is 2. The van der Waals surface area contributed by atoms with Gasteiger partial charge in [-0.2, -0.15) is 4.98 Å². The van der Waals surface area contributed by atoms with Gasteiger partial charge in [-0.3, -0.25) is 9.52 Å². The summed E-state index contributed by atoms with van der Waals surface area (Å²) in [4.78, 5) is 18.1. The van der Waals surface area contributed by atoms with Crippen LogP contribution >= 0.6 is 11.9 Å². The monoisotopic (exact) mass is 464 g/mol. The van der Waals surface area contributed by atoms with Gasteiger partial charge in [0, 0.05) is 35.4 Å². The minimum atomic E-state index is -0.120. The predicted octanol–water partition coefficient (Wildman–Crippen LogP) is 3.87. The van der Waals surface area contributed by atoms with E-state index in [0.717, 1.165) is 21.8 Å². The highest BCUT2D eigenvalue weighted by molar-refractivity contribution is 7.97. The Morgan fingerprint density at radius 2 is 1.88 bits per heavy atom. The molecule has 0 fully saturated rings. The summed E-state index contributed by atoms with van der Waals surface area (Å²) in [5.41, 5.74) is 2.34. The number of hydrogen-bond donors (Lipinski definition) is 1. The van der Waals surface area contributed by atoms with Crippen LogP contribution < -0.4 is 15.0 Å². The molecule has 0 atom stereocenters. The van der Waals surface area contributed by atoms with Gasteiger partial charge in [0.2, 0.25) is 5.82 Å². The number of nitrogens with one attached hydrogen (secondary N) is 1. The first kappa shape index (κ1) is 22.8. The number of nitrogens with zero attached hydrogens (tertiary/aromatic N) is 3. The summed E-state index contributed by atoms with van der Waals surface area (Å²) in [5.74, 6) is 1.57. The first-order valence-electron chi connectivity index (χ1n) is 10.4. The van der Waals surface area contributed by atoms with Crippen LogP contribution in [0.15, 0.2) is 81.1 Å². The van der Waals surface area contributed by atoms with E-state index in [1.165, 1.54) is 18.0 Å². The zero-order chi connectivity index (χ0) is 23.0. The Kier molecular flexibility index (Phi) is 7.56. The Balaban J connectivity index is 1.52. The molecule has 0 amide bonds. The summed E-state index contributed by atoms with van der Waals surface area (Å²) in [7, 11) is 3.50. The molecule has 0 saturated heterocycles. The third-order valence-electron chi connectivity index (χ3n) is 4.80. The molecule has 0 aliphatic rings. The molecule has 0 spiro atoms. The molecule has 0 aliphatic carbocycles. The molecule has 0 radical (unpaired) electrons. The summed E-state index contributed by atoms with van der Waals surface area (Å²) in [6.07, 6.45) is 1.74. The number of pyridine rings is 1. The van der Waals surface area contributed by atoms with Crippen LogP contribution in [0, 0.1) is 0 Å². The van der Waals surface area contributed by atoms with Gasteiger partial charge in [-0.1, -0.05) is 17.3 Å². The lowest BCUT2D eigenvalue weighted by molar-refractivity contribution is 0.146. The van der Waals surface area contributed by atoms with E-state index in [1.807, 2.05) is 55.6 Å². The average Bonchev–Trinajstić information content (AvgIpc) is 3.32. The quantitative estimate of drug-likeness (QED) is 0.279. The summed E-state index contributed by atoms with van der Waals surface area (Å²) in [6.45, 7) is 1.37. The van der Waals surface area contributed by atoms with Crippen LogP contribution in [0.3, 0.4) is 0 Å². The van der Waals surface area contributed by atoms with Crippen LogP contribution in [-0.2, 0) is 11.3 Å². The first-order chi connectivity index (χ1) is 16.2. The first-order valence-corrected chi connectivity index (χ1v) is 11.2. The molecule has 0 saturated carbocycles. The van der Waals surface area contributed by atoms with E-state index in [-0.39, 0.29) is 5.56 Å². The fraction of sp³-hybridized carbons (Fsp3) is 0.208. The lowest BCUT2D eigenvalue weighted by atomic mass is 10.2. The maximum atomic E-state index is 12.5. The SMILES string of the molecule is CNSc1ccc(-c2nc(-c3ccc(=O)n(Cc4cccc(OCCOC)c4)c3)no2)cc1. The Morgan fingerprint density at radius 3 is 2.67 bits per heavy atom. The molecule has 2 aromatic heterocycles. The Hall–Kier alpha value is -3.40. The van der Waals surface area contributed by atoms with Gasteiger partial charge < -0.3 is 18.6 Å². The molecule has 2 aromatic carbocycles. The molecule has 33 heavy (non-hydrogen) atoms. The van der Waals surface area contributed by atoms with Gasteiger partial charge in [-0.15, -0.1) is 0 Å². The van der Waals surface area contributed by atoms with Crippen molar-refractivity contribution in [1.82, 2.24) is 19.4 Å². The minimum Gasteiger partial charge on any atom is -0.491 e. The molecule has 0 unspecified atom stereocenters. The van der Waals surface area contributed by atoms with Crippen molar-refractivity contribution in [3.63, 3.8) is 0 Å². The van der Waals surface area contributed by atoms with Gasteiger partial charge in [-0.25, -0.2) is 0 Å². The fourth-order valence-electron chi connectivity index (χ4n) is 3.20. The zero-order valence-electron chi connectivity index (χ0n) is 18.4. The Bertz CT molecular complexity index is 1250. The van der Waals surface area contributed by atoms with E-state index in [2.05, 4.69) is 14.9 Å². The van der Waals surface area contributed by atoms with Gasteiger partial charge in [-0.05, 0) is 67.0 Å². The van der Waals surface area contributed by atoms with Crippen LogP contribution in [0.1, 0.15) is 5.56 Å². The van der Waals surface area contributed by atoms with Crippen molar-refractivity contribution in [2.75, 3.05) is 27.4 Å². The number of hydrogen-bond acceptors (Lipinski definition) is 8. The van der Waals surface area contributed by atoms with Gasteiger partial charge in [0.25, 0.3) is 11.4 Å². The lowest BCUT2D eigenvalue weighted by Crippen LogP contribution is -2.19. The molecule has 8 nitrogen and oxygen atoms in total. The second-order valence-corrected chi connectivity index (χ2v) is 8.21. The average molecular weight is 465 g/mol. The summed E-state index contributed by atoms with van der Waals surface area (Å²) >= 11 is 1.53. The third kappa shape index (κ3) is 5.89. The molecule has 0 bridgehead atoms. The standard InChI is InChI=1S/C24H24N4O4S/c1-25-33-21-9-6-18(7-10-21)24-26-23(27-32-24)19-8-11-22(29)28(16-19)15-17-4-3-5-20(14-17)31-13-12-30-2/h3-11,14,16,25H,12-13,15H2,1-2H3. The molecule has 0 aliphatic heterocycles. The van der Waals surface area contributed by atoms with E-state index in [9.17, 15) is 4.79 Å². The summed E-state index contributed by atoms with van der Waals surface area (Å²) in [6, 6.07) is 18.7. The van der Waals surface area contributed by atoms with Crippen molar-refractivity contribution in [3.05, 3.63) is 82.8 Å². The van der Waals surface area contributed by atoms with Crippen molar-refractivity contribution in [2.45, 2.75) is 11.4 Å². The third-order valence-corrected chi connectivity index (χ3v) is 5.51. The second kappa shape index (κ2) is 11.0. The summed E-state index contributed by atoms with van der Waals surface area (Å²) < 4.78 is 20.8. The molecular weight excluding hydrogens is 440 g/mol. The van der Waals surface area contributed by atoms with Crippen LogP contribution in [0.25, 0.3) is 22.8 Å². The van der Waals surface area contributed by atoms with E-state index in [4.69, 9.17) is 14.0 Å². The van der Waals surface area contributed by atoms with Gasteiger partial charge in [0.15, 0.2) is 0 Å². The molecule has 4 aromatic rings. The highest BCUT2D eigenvalue weighted by atomic mass is 32.2. The summed E-state index contributed by atoms with van der Waals surface area (Å²) in [5, 5.41) is 4.10. The van der Waals surface area contributed by atoms with Gasteiger partial charge in [0.1, 0.15) is 12.4 Å². The fourth-order valence-corrected chi connectivity index (χ4v) is 3.71. The topological polar surface area (TPSA) is 91.4 Å². The molecule has 9 heteroatoms. The molecule has 4 rings (SSSR count). The van der Waals surface area contributed by atoms with E-state index in [1.54, 1.807) is 23.9 Å². The number of methoxy groups -OCH3 is 1. The lowest BCUT2D eigenvalue weighted by Gasteiger charge is -2.10. The van der Waals surface area contributed by atoms with Crippen LogP contribution in [0.4, 0.5) is 0 Å². The molecule has 170 valence electrons. The highest BCUT2D eigenvalue weighted by Gasteiger charge is 2.12. The largest absolute Gasteiger partial charge is 0.491 e. The Labute approximate surface area is 195 Å². The van der Waals surface area contributed by atoms with Crippen molar-refractivity contribution in [1.29, 1.82) is 0 Å². The van der Waals surface area contributed by atoms with Crippen molar-refractivity contribution in [2.24, 2.45) is 0 Å². The molecule has 2 heterocycles. The smallest absolute Gasteiger partial charge is 0.258 e. The van der Waals surface area contributed by atoms with Gasteiger partial charge in [0.05, 0.1) is 13.2 Å². The van der Waals surface area contributed by atoms with Crippen LogP contribution in [0.2, 0.25) is 0 Å². The highest BCUT2D eigenvalue weighted by Crippen LogP contribution is 2.24. The van der Waals surface area contributed by atoms with Gasteiger partial charge >= 0.3 is 0 Å². The normalized spacial score (nSPS) is 11.0. The second-order valence-electron chi connectivity index (χ2n) is 7.13. The van der Waals surface area contributed by atoms with Crippen molar-refractivity contribution >= 4 is 11.9 Å². The maximum Gasteiger partial charge on any atom is 0.258 e. The maximum absolute atomic E-state index is 12.5. The Morgan fingerprint density at radius 1 is 1.06 bits per heavy atom. The van der Waals surface area contributed by atoms with Crippen molar-refractivity contribution < 1.29 is 14.0 Å². The van der Waals surface area contributed by atoms with Crippen LogP contribution in [-0.4, -0.2) is 42.1 Å². The van der Waals surface area contributed by atoms with E-state index >= 15 is 0 Å². The van der Waals surface area contributed by atoms with Crippen LogP contribution in [0.5, 0.6) is 5.75 Å². The predicted molar refractivity (Wildman–Crippen MR) is 127 cm³/mol. The number of aromatic nitrogens is 3. The van der Waals surface area contributed by atoms with Crippen molar-refractivity contribution in [3.8, 4) is 28.6 Å². The number of rotatable bonds is 10. The molecular formula is C24H24N4O4S. The van der Waals surface area contributed by atoms with E-state index < -0.39 is 0 Å². The van der Waals surface area contributed by atoms with E-state index in [0.29, 0.717) is 37.0 Å². The molecule has 1 N–H and O–H groups in total. The minimum absolute atomic E-state index is 0.120. The zero-order valence-corrected chi connectivity index (χ0v) is 19.2.